The molecule has 1 fully saturated rings. The van der Waals surface area contributed by atoms with Crippen LogP contribution in [0.3, 0.4) is 0 Å². The summed E-state index contributed by atoms with van der Waals surface area (Å²) in [6.07, 6.45) is 1.05. The van der Waals surface area contributed by atoms with Gasteiger partial charge in [-0.15, -0.1) is 0 Å². The molecule has 1 saturated heterocycles. The molecule has 2 aliphatic heterocycles. The number of benzene rings is 2. The normalized spacial score (nSPS) is 17.6. The average molecular weight is 427 g/mol. The van der Waals surface area contributed by atoms with E-state index in [1.165, 1.54) is 15.6 Å². The van der Waals surface area contributed by atoms with Crippen LogP contribution in [-0.2, 0) is 34.3 Å². The maximum Gasteiger partial charge on any atom is 0.243 e. The summed E-state index contributed by atoms with van der Waals surface area (Å²) in [5, 5.41) is 0. The highest BCUT2D eigenvalue weighted by atomic mass is 32.2. The second-order valence-electron chi connectivity index (χ2n) is 7.74. The van der Waals surface area contributed by atoms with Gasteiger partial charge in [0.25, 0.3) is 0 Å². The SMILES string of the molecule is CCn1c(CN2CCc3ccccc32)nc2cc(S(=O)(=O)N3CCOCC3)ccc21. The largest absolute Gasteiger partial charge is 0.379 e. The lowest BCUT2D eigenvalue weighted by Crippen LogP contribution is -2.40. The quantitative estimate of drug-likeness (QED) is 0.627. The fourth-order valence-corrected chi connectivity index (χ4v) is 5.90. The molecule has 0 saturated carbocycles. The number of rotatable bonds is 5. The molecule has 2 aliphatic rings. The van der Waals surface area contributed by atoms with Crippen molar-refractivity contribution < 1.29 is 13.2 Å². The first kappa shape index (κ1) is 19.5. The van der Waals surface area contributed by atoms with Gasteiger partial charge in [-0.3, -0.25) is 0 Å². The number of anilines is 1. The number of aromatic nitrogens is 2. The Morgan fingerprint density at radius 2 is 1.87 bits per heavy atom. The third kappa shape index (κ3) is 3.29. The number of morpholine rings is 1. The van der Waals surface area contributed by atoms with Crippen LogP contribution in [0.25, 0.3) is 11.0 Å². The summed E-state index contributed by atoms with van der Waals surface area (Å²) in [5.74, 6) is 0.963. The van der Waals surface area contributed by atoms with Gasteiger partial charge in [-0.25, -0.2) is 13.4 Å². The summed E-state index contributed by atoms with van der Waals surface area (Å²) in [4.78, 5) is 7.51. The Kier molecular flexibility index (Phi) is 5.00. The van der Waals surface area contributed by atoms with Gasteiger partial charge in [0.05, 0.1) is 35.7 Å². The van der Waals surface area contributed by atoms with Crippen LogP contribution in [0.4, 0.5) is 5.69 Å². The van der Waals surface area contributed by atoms with Crippen molar-refractivity contribution >= 4 is 26.7 Å². The second kappa shape index (κ2) is 7.68. The van der Waals surface area contributed by atoms with Crippen molar-refractivity contribution in [3.05, 3.63) is 53.9 Å². The Labute approximate surface area is 176 Å². The molecular formula is C22H26N4O3S. The molecule has 158 valence electrons. The first-order valence-electron chi connectivity index (χ1n) is 10.5. The molecule has 0 aliphatic carbocycles. The molecular weight excluding hydrogens is 400 g/mol. The van der Waals surface area contributed by atoms with Crippen LogP contribution >= 0.6 is 0 Å². The molecule has 1 aromatic heterocycles. The van der Waals surface area contributed by atoms with E-state index in [0.29, 0.717) is 37.7 Å². The van der Waals surface area contributed by atoms with E-state index in [2.05, 4.69) is 40.7 Å². The number of nitrogens with zero attached hydrogens (tertiary/aromatic N) is 4. The van der Waals surface area contributed by atoms with Crippen molar-refractivity contribution in [1.82, 2.24) is 13.9 Å². The Bertz CT molecular complexity index is 1180. The molecule has 8 heteroatoms. The zero-order chi connectivity index (χ0) is 20.7. The molecule has 7 nitrogen and oxygen atoms in total. The molecule has 0 amide bonds. The van der Waals surface area contributed by atoms with Crippen molar-refractivity contribution in [3.8, 4) is 0 Å². The fraction of sp³-hybridized carbons (Fsp3) is 0.409. The first-order chi connectivity index (χ1) is 14.6. The number of imidazole rings is 1. The molecule has 0 atom stereocenters. The molecule has 0 radical (unpaired) electrons. The minimum atomic E-state index is -3.53. The third-order valence-electron chi connectivity index (χ3n) is 6.04. The molecule has 2 aromatic carbocycles. The molecule has 3 aromatic rings. The average Bonchev–Trinajstić information content (AvgIpc) is 3.34. The van der Waals surface area contributed by atoms with Crippen LogP contribution in [0.2, 0.25) is 0 Å². The van der Waals surface area contributed by atoms with Crippen LogP contribution in [0.5, 0.6) is 0 Å². The third-order valence-corrected chi connectivity index (χ3v) is 7.93. The van der Waals surface area contributed by atoms with Crippen LogP contribution in [0.15, 0.2) is 47.4 Å². The number of hydrogen-bond donors (Lipinski definition) is 0. The van der Waals surface area contributed by atoms with E-state index in [1.807, 2.05) is 6.07 Å². The minimum absolute atomic E-state index is 0.302. The van der Waals surface area contributed by atoms with Crippen LogP contribution in [-0.4, -0.2) is 55.1 Å². The lowest BCUT2D eigenvalue weighted by molar-refractivity contribution is 0.0730. The van der Waals surface area contributed by atoms with Crippen LogP contribution in [0, 0.1) is 0 Å². The number of ether oxygens (including phenoxy) is 1. The minimum Gasteiger partial charge on any atom is -0.379 e. The smallest absolute Gasteiger partial charge is 0.243 e. The zero-order valence-corrected chi connectivity index (χ0v) is 17.9. The molecule has 0 unspecified atom stereocenters. The van der Waals surface area contributed by atoms with Gasteiger partial charge in [0.15, 0.2) is 0 Å². The summed E-state index contributed by atoms with van der Waals surface area (Å²) in [5.41, 5.74) is 4.34. The summed E-state index contributed by atoms with van der Waals surface area (Å²) in [6.45, 7) is 6.24. The van der Waals surface area contributed by atoms with Gasteiger partial charge in [-0.2, -0.15) is 4.31 Å². The Morgan fingerprint density at radius 3 is 2.67 bits per heavy atom. The van der Waals surface area contributed by atoms with E-state index in [4.69, 9.17) is 9.72 Å². The molecule has 30 heavy (non-hydrogen) atoms. The molecule has 0 bridgehead atoms. The Balaban J connectivity index is 1.49. The predicted molar refractivity (Wildman–Crippen MR) is 116 cm³/mol. The topological polar surface area (TPSA) is 67.7 Å². The monoisotopic (exact) mass is 426 g/mol. The van der Waals surface area contributed by atoms with E-state index in [0.717, 1.165) is 36.4 Å². The van der Waals surface area contributed by atoms with E-state index < -0.39 is 10.0 Å². The highest BCUT2D eigenvalue weighted by Gasteiger charge is 2.27. The van der Waals surface area contributed by atoms with Crippen LogP contribution < -0.4 is 4.90 Å². The van der Waals surface area contributed by atoms with Crippen molar-refractivity contribution in [2.75, 3.05) is 37.7 Å². The van der Waals surface area contributed by atoms with Gasteiger partial charge in [0.2, 0.25) is 10.0 Å². The highest BCUT2D eigenvalue weighted by molar-refractivity contribution is 7.89. The fourth-order valence-electron chi connectivity index (χ4n) is 4.47. The number of para-hydroxylation sites is 1. The maximum absolute atomic E-state index is 13.0. The second-order valence-corrected chi connectivity index (χ2v) is 9.68. The summed E-state index contributed by atoms with van der Waals surface area (Å²) in [7, 11) is -3.53. The number of aryl methyl sites for hydroxylation is 1. The Morgan fingerprint density at radius 1 is 1.07 bits per heavy atom. The maximum atomic E-state index is 13.0. The molecule has 0 spiro atoms. The van der Waals surface area contributed by atoms with Crippen molar-refractivity contribution in [3.63, 3.8) is 0 Å². The molecule has 3 heterocycles. The number of hydrogen-bond acceptors (Lipinski definition) is 5. The van der Waals surface area contributed by atoms with Gasteiger partial charge in [-0.05, 0) is 43.2 Å². The molecule has 5 rings (SSSR count). The van der Waals surface area contributed by atoms with Crippen molar-refractivity contribution in [1.29, 1.82) is 0 Å². The number of sulfonamides is 1. The zero-order valence-electron chi connectivity index (χ0n) is 17.1. The van der Waals surface area contributed by atoms with Gasteiger partial charge in [0.1, 0.15) is 5.82 Å². The first-order valence-corrected chi connectivity index (χ1v) is 11.9. The summed E-state index contributed by atoms with van der Waals surface area (Å²) >= 11 is 0. The Hall–Kier alpha value is -2.42. The van der Waals surface area contributed by atoms with E-state index >= 15 is 0 Å². The van der Waals surface area contributed by atoms with Gasteiger partial charge in [-0.1, -0.05) is 18.2 Å². The van der Waals surface area contributed by atoms with E-state index in [-0.39, 0.29) is 0 Å². The van der Waals surface area contributed by atoms with Gasteiger partial charge < -0.3 is 14.2 Å². The summed E-state index contributed by atoms with van der Waals surface area (Å²) in [6, 6.07) is 13.8. The molecule has 0 N–H and O–H groups in total. The van der Waals surface area contributed by atoms with E-state index in [1.54, 1.807) is 12.1 Å². The van der Waals surface area contributed by atoms with Crippen molar-refractivity contribution in [2.24, 2.45) is 0 Å². The predicted octanol–water partition coefficient (Wildman–Crippen LogP) is 2.64. The highest BCUT2D eigenvalue weighted by Crippen LogP contribution is 2.30. The summed E-state index contributed by atoms with van der Waals surface area (Å²) < 4.78 is 35.0. The number of fused-ring (bicyclic) bond motifs is 2. The standard InChI is InChI=1S/C22H26N4O3S/c1-2-26-21-8-7-18(30(27,28)25-11-13-29-14-12-25)15-19(21)23-22(26)16-24-10-9-17-5-3-4-6-20(17)24/h3-8,15H,2,9-14,16H2,1H3. The van der Waals surface area contributed by atoms with Crippen LogP contribution in [0.1, 0.15) is 18.3 Å². The lowest BCUT2D eigenvalue weighted by Gasteiger charge is -2.26. The van der Waals surface area contributed by atoms with Crippen molar-refractivity contribution in [2.45, 2.75) is 31.3 Å². The van der Waals surface area contributed by atoms with Gasteiger partial charge in [0, 0.05) is 31.9 Å². The van der Waals surface area contributed by atoms with E-state index in [9.17, 15) is 8.42 Å². The van der Waals surface area contributed by atoms with Gasteiger partial charge >= 0.3 is 0 Å². The lowest BCUT2D eigenvalue weighted by atomic mass is 10.2.